The molecule has 1 heterocycles. The largest absolute Gasteiger partial charge is 0.508 e. The van der Waals surface area contributed by atoms with E-state index in [1.165, 1.54) is 0 Å². The third kappa shape index (κ3) is 2.37. The van der Waals surface area contributed by atoms with Crippen LogP contribution in [0.4, 0.5) is 0 Å². The predicted molar refractivity (Wildman–Crippen MR) is 67.8 cm³/mol. The highest BCUT2D eigenvalue weighted by Gasteiger charge is 2.10. The summed E-state index contributed by atoms with van der Waals surface area (Å²) in [5.41, 5.74) is 0.740. The number of hydrogen-bond donors (Lipinski definition) is 2. The van der Waals surface area contributed by atoms with E-state index in [1.54, 1.807) is 24.3 Å². The fourth-order valence-corrected chi connectivity index (χ4v) is 1.66. The van der Waals surface area contributed by atoms with Crippen LogP contribution in [0.2, 0.25) is 0 Å². The molecule has 19 heavy (non-hydrogen) atoms. The highest BCUT2D eigenvalue weighted by molar-refractivity contribution is 5.63. The molecule has 0 aliphatic carbocycles. The summed E-state index contributed by atoms with van der Waals surface area (Å²) in [5, 5.41) is 23.1. The van der Waals surface area contributed by atoms with Gasteiger partial charge in [-0.1, -0.05) is 12.1 Å². The van der Waals surface area contributed by atoms with Crippen molar-refractivity contribution in [2.45, 2.75) is 0 Å². The summed E-state index contributed by atoms with van der Waals surface area (Å²) in [6, 6.07) is 13.9. The Morgan fingerprint density at radius 1 is 1.00 bits per heavy atom. The highest BCUT2D eigenvalue weighted by atomic mass is 16.5. The van der Waals surface area contributed by atoms with Crippen molar-refractivity contribution in [2.24, 2.45) is 0 Å². The molecule has 0 aliphatic heterocycles. The number of aromatic hydroxyl groups is 1. The summed E-state index contributed by atoms with van der Waals surface area (Å²) in [5.74, 6) is 1.90. The number of phenols is 1. The number of para-hydroxylation sites is 1. The number of tetrazole rings is 1. The van der Waals surface area contributed by atoms with E-state index < -0.39 is 0 Å². The van der Waals surface area contributed by atoms with Crippen LogP contribution in [0.1, 0.15) is 0 Å². The first-order chi connectivity index (χ1) is 9.33. The Labute approximate surface area is 108 Å². The van der Waals surface area contributed by atoms with Crippen LogP contribution in [0.3, 0.4) is 0 Å². The van der Waals surface area contributed by atoms with Crippen LogP contribution in [0.5, 0.6) is 17.2 Å². The molecule has 2 aromatic carbocycles. The van der Waals surface area contributed by atoms with E-state index in [4.69, 9.17) is 4.74 Å². The second-order valence-electron chi connectivity index (χ2n) is 3.83. The van der Waals surface area contributed by atoms with Crippen LogP contribution in [0.25, 0.3) is 11.4 Å². The van der Waals surface area contributed by atoms with Gasteiger partial charge in [0, 0.05) is 0 Å². The first kappa shape index (κ1) is 11.2. The summed E-state index contributed by atoms with van der Waals surface area (Å²) < 4.78 is 5.76. The third-order valence-electron chi connectivity index (χ3n) is 2.54. The van der Waals surface area contributed by atoms with Crippen molar-refractivity contribution in [2.75, 3.05) is 0 Å². The fourth-order valence-electron chi connectivity index (χ4n) is 1.66. The van der Waals surface area contributed by atoms with E-state index >= 15 is 0 Å². The Hall–Kier alpha value is -2.89. The van der Waals surface area contributed by atoms with E-state index in [0.717, 1.165) is 5.56 Å². The van der Waals surface area contributed by atoms with Gasteiger partial charge in [-0.3, -0.25) is 0 Å². The summed E-state index contributed by atoms with van der Waals surface area (Å²) in [4.78, 5) is 0. The average Bonchev–Trinajstić information content (AvgIpc) is 2.96. The molecule has 0 radical (unpaired) electrons. The minimum atomic E-state index is 0.193. The van der Waals surface area contributed by atoms with Crippen molar-refractivity contribution < 1.29 is 9.84 Å². The summed E-state index contributed by atoms with van der Waals surface area (Å²) in [7, 11) is 0. The summed E-state index contributed by atoms with van der Waals surface area (Å²) >= 11 is 0. The lowest BCUT2D eigenvalue weighted by Crippen LogP contribution is -1.89. The van der Waals surface area contributed by atoms with Crippen LogP contribution < -0.4 is 4.74 Å². The molecule has 0 unspecified atom stereocenters. The van der Waals surface area contributed by atoms with Crippen molar-refractivity contribution in [3.05, 3.63) is 48.5 Å². The number of rotatable bonds is 3. The van der Waals surface area contributed by atoms with Crippen LogP contribution in [-0.2, 0) is 0 Å². The number of H-pyrrole nitrogens is 1. The molecule has 94 valence electrons. The quantitative estimate of drug-likeness (QED) is 0.749. The average molecular weight is 254 g/mol. The van der Waals surface area contributed by atoms with Gasteiger partial charge in [0.15, 0.2) is 0 Å². The Balaban J connectivity index is 1.95. The monoisotopic (exact) mass is 254 g/mol. The SMILES string of the molecule is Oc1ccc(Oc2ccccc2-c2nn[nH]n2)cc1. The van der Waals surface area contributed by atoms with E-state index in [0.29, 0.717) is 17.3 Å². The Kier molecular flexibility index (Phi) is 2.82. The standard InChI is InChI=1S/C13H10N4O2/c18-9-5-7-10(8-6-9)19-12-4-2-1-3-11(12)13-14-16-17-15-13/h1-8,18H,(H,14,15,16,17). The molecular weight excluding hydrogens is 244 g/mol. The number of aromatic nitrogens is 4. The molecule has 3 aromatic rings. The lowest BCUT2D eigenvalue weighted by Gasteiger charge is -2.08. The third-order valence-corrected chi connectivity index (χ3v) is 2.54. The number of nitrogens with zero attached hydrogens (tertiary/aromatic N) is 3. The zero-order valence-electron chi connectivity index (χ0n) is 9.82. The normalized spacial score (nSPS) is 10.3. The van der Waals surface area contributed by atoms with Crippen molar-refractivity contribution in [1.82, 2.24) is 20.6 Å². The summed E-state index contributed by atoms with van der Waals surface area (Å²) in [6.45, 7) is 0. The van der Waals surface area contributed by atoms with E-state index in [9.17, 15) is 5.11 Å². The molecule has 6 nitrogen and oxygen atoms in total. The maximum Gasteiger partial charge on any atom is 0.208 e. The molecular formula is C13H10N4O2. The van der Waals surface area contributed by atoms with Gasteiger partial charge in [-0.15, -0.1) is 10.2 Å². The number of hydrogen-bond acceptors (Lipinski definition) is 5. The number of ether oxygens (including phenoxy) is 1. The van der Waals surface area contributed by atoms with Gasteiger partial charge in [-0.05, 0) is 41.6 Å². The minimum Gasteiger partial charge on any atom is -0.508 e. The lowest BCUT2D eigenvalue weighted by atomic mass is 10.2. The van der Waals surface area contributed by atoms with Gasteiger partial charge in [0.1, 0.15) is 17.2 Å². The van der Waals surface area contributed by atoms with Crippen LogP contribution >= 0.6 is 0 Å². The molecule has 0 atom stereocenters. The van der Waals surface area contributed by atoms with Gasteiger partial charge >= 0.3 is 0 Å². The smallest absolute Gasteiger partial charge is 0.208 e. The highest BCUT2D eigenvalue weighted by Crippen LogP contribution is 2.31. The molecule has 6 heteroatoms. The molecule has 2 N–H and O–H groups in total. The second kappa shape index (κ2) is 4.77. The van der Waals surface area contributed by atoms with Crippen LogP contribution in [0, 0.1) is 0 Å². The zero-order chi connectivity index (χ0) is 13.1. The number of benzene rings is 2. The molecule has 0 aliphatic rings. The second-order valence-corrected chi connectivity index (χ2v) is 3.83. The van der Waals surface area contributed by atoms with Gasteiger partial charge in [0.25, 0.3) is 0 Å². The van der Waals surface area contributed by atoms with Crippen molar-refractivity contribution in [3.8, 4) is 28.6 Å². The van der Waals surface area contributed by atoms with Gasteiger partial charge in [0.05, 0.1) is 5.56 Å². The van der Waals surface area contributed by atoms with E-state index in [2.05, 4.69) is 20.6 Å². The van der Waals surface area contributed by atoms with Crippen molar-refractivity contribution >= 4 is 0 Å². The van der Waals surface area contributed by atoms with Crippen molar-refractivity contribution in [3.63, 3.8) is 0 Å². The zero-order valence-corrected chi connectivity index (χ0v) is 9.82. The molecule has 0 fully saturated rings. The fraction of sp³-hybridized carbons (Fsp3) is 0. The Morgan fingerprint density at radius 2 is 1.79 bits per heavy atom. The molecule has 0 saturated heterocycles. The predicted octanol–water partition coefficient (Wildman–Crippen LogP) is 2.36. The molecule has 1 aromatic heterocycles. The number of aromatic amines is 1. The maximum absolute atomic E-state index is 9.24. The van der Waals surface area contributed by atoms with Crippen molar-refractivity contribution in [1.29, 1.82) is 0 Å². The van der Waals surface area contributed by atoms with Crippen LogP contribution in [0.15, 0.2) is 48.5 Å². The lowest BCUT2D eigenvalue weighted by molar-refractivity contribution is 0.465. The maximum atomic E-state index is 9.24. The minimum absolute atomic E-state index is 0.193. The van der Waals surface area contributed by atoms with Crippen LogP contribution in [-0.4, -0.2) is 25.7 Å². The molecule has 0 amide bonds. The van der Waals surface area contributed by atoms with Gasteiger partial charge in [0.2, 0.25) is 5.82 Å². The summed E-state index contributed by atoms with van der Waals surface area (Å²) in [6.07, 6.45) is 0. The van der Waals surface area contributed by atoms with Gasteiger partial charge < -0.3 is 9.84 Å². The van der Waals surface area contributed by atoms with Gasteiger partial charge in [-0.25, -0.2) is 0 Å². The van der Waals surface area contributed by atoms with E-state index in [1.807, 2.05) is 24.3 Å². The first-order valence-electron chi connectivity index (χ1n) is 5.62. The Morgan fingerprint density at radius 3 is 2.53 bits per heavy atom. The van der Waals surface area contributed by atoms with Gasteiger partial charge in [-0.2, -0.15) is 5.21 Å². The molecule has 0 spiro atoms. The molecule has 3 rings (SSSR count). The van der Waals surface area contributed by atoms with E-state index in [-0.39, 0.29) is 5.75 Å². The number of phenolic OH excluding ortho intramolecular Hbond substituents is 1. The molecule has 0 bridgehead atoms. The molecule has 0 saturated carbocycles. The first-order valence-corrected chi connectivity index (χ1v) is 5.62. The Bertz CT molecular complexity index is 665. The number of nitrogens with one attached hydrogen (secondary N) is 1. The topological polar surface area (TPSA) is 83.9 Å².